The summed E-state index contributed by atoms with van der Waals surface area (Å²) in [5.41, 5.74) is 0. The van der Waals surface area contributed by atoms with E-state index in [4.69, 9.17) is 5.11 Å². The number of hydrogen-bond donors (Lipinski definition) is 1. The van der Waals surface area contributed by atoms with Gasteiger partial charge in [-0.15, -0.1) is 0 Å². The van der Waals surface area contributed by atoms with Gasteiger partial charge in [0, 0.05) is 6.42 Å². The van der Waals surface area contributed by atoms with E-state index >= 15 is 0 Å². The van der Waals surface area contributed by atoms with Gasteiger partial charge in [-0.2, -0.15) is 0 Å². The van der Waals surface area contributed by atoms with Crippen LogP contribution in [0.15, 0.2) is 24.3 Å². The fourth-order valence-electron chi connectivity index (χ4n) is 0.533. The van der Waals surface area contributed by atoms with Crippen molar-refractivity contribution in [3.8, 4) is 0 Å². The fraction of sp³-hybridized carbons (Fsp3) is 0.222. The van der Waals surface area contributed by atoms with Crippen molar-refractivity contribution < 1.29 is 14.3 Å². The van der Waals surface area contributed by atoms with E-state index < -0.39 is 5.97 Å². The SMILES string of the molecule is CCC(=O)O.Fc1cc[c]([K])cc1. The number of halogens is 1. The summed E-state index contributed by atoms with van der Waals surface area (Å²) in [5, 5.41) is 7.72. The topological polar surface area (TPSA) is 37.3 Å². The van der Waals surface area contributed by atoms with E-state index in [9.17, 15) is 9.18 Å². The molecule has 1 aromatic carbocycles. The molecule has 0 amide bonds. The first-order valence-electron chi connectivity index (χ1n) is 4.00. The second kappa shape index (κ2) is 7.64. The molecule has 0 fully saturated rings. The summed E-state index contributed by atoms with van der Waals surface area (Å²) < 4.78 is 13.4. The molecule has 0 atom stereocenters. The first kappa shape index (κ1) is 13.3. The van der Waals surface area contributed by atoms with E-state index in [2.05, 4.69) is 0 Å². The Kier molecular flexibility index (Phi) is 7.79. The van der Waals surface area contributed by atoms with Crippen molar-refractivity contribution in [1.29, 1.82) is 0 Å². The van der Waals surface area contributed by atoms with Crippen LogP contribution in [-0.2, 0) is 4.79 Å². The zero-order chi connectivity index (χ0) is 10.3. The van der Waals surface area contributed by atoms with Gasteiger partial charge >= 0.3 is 89.1 Å². The van der Waals surface area contributed by atoms with E-state index in [0.29, 0.717) is 49.0 Å². The second-order valence-corrected chi connectivity index (χ2v) is 4.35. The van der Waals surface area contributed by atoms with E-state index in [-0.39, 0.29) is 12.2 Å². The Balaban J connectivity index is 0.000000252. The van der Waals surface area contributed by atoms with Crippen LogP contribution in [0, 0.1) is 5.82 Å². The first-order valence-corrected chi connectivity index (χ1v) is 5.56. The van der Waals surface area contributed by atoms with Crippen LogP contribution < -0.4 is -0.342 Å². The number of aliphatic carboxylic acids is 1. The number of carboxylic acids is 1. The third-order valence-corrected chi connectivity index (χ3v) is 2.35. The summed E-state index contributed by atoms with van der Waals surface area (Å²) in [6.07, 6.45) is 0.222. The predicted molar refractivity (Wildman–Crippen MR) is 49.7 cm³/mol. The van der Waals surface area contributed by atoms with Crippen LogP contribution in [0.25, 0.3) is 0 Å². The van der Waals surface area contributed by atoms with Gasteiger partial charge in [-0.25, -0.2) is 0 Å². The van der Waals surface area contributed by atoms with Crippen molar-refractivity contribution in [3.05, 3.63) is 30.1 Å². The summed E-state index contributed by atoms with van der Waals surface area (Å²) in [7, 11) is 0. The number of carboxylic acid groups (broad SMARTS) is 1. The molecule has 0 aliphatic rings. The summed E-state index contributed by atoms with van der Waals surface area (Å²) in [6, 6.07) is 6.66. The van der Waals surface area contributed by atoms with Crippen LogP contribution in [0.4, 0.5) is 4.39 Å². The van der Waals surface area contributed by atoms with Gasteiger partial charge in [-0.05, 0) is 0 Å². The zero-order valence-electron chi connectivity index (χ0n) is 7.75. The molecule has 2 nitrogen and oxygen atoms in total. The van der Waals surface area contributed by atoms with Gasteiger partial charge in [-0.3, -0.25) is 4.79 Å². The Bertz CT molecular complexity index is 238. The molecule has 0 radical (unpaired) electrons. The minimum absolute atomic E-state index is 0.141. The van der Waals surface area contributed by atoms with E-state index in [1.165, 1.54) is 11.8 Å². The molecule has 0 aromatic heterocycles. The Hall–Kier alpha value is 0.256. The van der Waals surface area contributed by atoms with Crippen molar-refractivity contribution in [2.24, 2.45) is 0 Å². The molecule has 1 N–H and O–H groups in total. The predicted octanol–water partition coefficient (Wildman–Crippen LogP) is 1.10. The molecular weight excluding hydrogens is 198 g/mol. The molecule has 66 valence electrons. The molecule has 13 heavy (non-hydrogen) atoms. The van der Waals surface area contributed by atoms with Crippen LogP contribution in [0.5, 0.6) is 0 Å². The summed E-state index contributed by atoms with van der Waals surface area (Å²) >= 11 is 0.681. The molecule has 0 bridgehead atoms. The molecule has 0 heterocycles. The Morgan fingerprint density at radius 2 is 1.85 bits per heavy atom. The average molecular weight is 208 g/mol. The van der Waals surface area contributed by atoms with Crippen molar-refractivity contribution in [2.75, 3.05) is 0 Å². The molecule has 4 heteroatoms. The third-order valence-electron chi connectivity index (χ3n) is 1.31. The normalized spacial score (nSPS) is 8.62. The number of carbonyl (C=O) groups is 1. The van der Waals surface area contributed by atoms with Crippen LogP contribution in [-0.4, -0.2) is 60.0 Å². The molecule has 0 aliphatic carbocycles. The molecule has 0 saturated carbocycles. The zero-order valence-corrected chi connectivity index (χ0v) is 10.9. The standard InChI is InChI=1S/C6H4F.C3H6O2.K/c7-6-4-2-1-3-5-6;1-2-3(4)5;/h2-5H;2H2,1H3,(H,4,5);. The van der Waals surface area contributed by atoms with E-state index in [1.807, 2.05) is 12.1 Å². The van der Waals surface area contributed by atoms with Crippen LogP contribution in [0.2, 0.25) is 0 Å². The van der Waals surface area contributed by atoms with E-state index in [1.54, 1.807) is 6.92 Å². The maximum absolute atomic E-state index is 12.1. The number of benzene rings is 1. The maximum atomic E-state index is 12.1. The average Bonchev–Trinajstić information content (AvgIpc) is 2.11. The Morgan fingerprint density at radius 1 is 1.46 bits per heavy atom. The molecule has 1 aromatic rings. The van der Waals surface area contributed by atoms with Gasteiger partial charge in [0.1, 0.15) is 0 Å². The van der Waals surface area contributed by atoms with Crippen LogP contribution in [0.1, 0.15) is 13.3 Å². The van der Waals surface area contributed by atoms with Crippen LogP contribution in [0.3, 0.4) is 0 Å². The van der Waals surface area contributed by atoms with Crippen LogP contribution >= 0.6 is 0 Å². The van der Waals surface area contributed by atoms with Crippen molar-refractivity contribution >= 4 is 54.6 Å². The summed E-state index contributed by atoms with van der Waals surface area (Å²) in [4.78, 5) is 9.37. The third kappa shape index (κ3) is 8.58. The molecule has 0 saturated heterocycles. The van der Waals surface area contributed by atoms with Gasteiger partial charge in [0.25, 0.3) is 0 Å². The Labute approximate surface area is 111 Å². The van der Waals surface area contributed by atoms with Crippen molar-refractivity contribution in [1.82, 2.24) is 0 Å². The molecular formula is C9H10FKO2. The first-order chi connectivity index (χ1) is 6.06. The van der Waals surface area contributed by atoms with Gasteiger partial charge in [0.05, 0.1) is 0 Å². The van der Waals surface area contributed by atoms with E-state index in [0.717, 1.165) is 0 Å². The molecule has 0 unspecified atom stereocenters. The molecule has 0 aliphatic heterocycles. The minimum atomic E-state index is -0.745. The van der Waals surface area contributed by atoms with Gasteiger partial charge in [0.2, 0.25) is 0 Å². The van der Waals surface area contributed by atoms with Crippen molar-refractivity contribution in [3.63, 3.8) is 0 Å². The second-order valence-electron chi connectivity index (χ2n) is 2.54. The summed E-state index contributed by atoms with van der Waals surface area (Å²) in [6.45, 7) is 1.60. The van der Waals surface area contributed by atoms with Gasteiger partial charge in [-0.1, -0.05) is 6.92 Å². The Morgan fingerprint density at radius 3 is 2.08 bits per heavy atom. The monoisotopic (exact) mass is 208 g/mol. The number of hydrogen-bond acceptors (Lipinski definition) is 1. The fourth-order valence-corrected chi connectivity index (χ4v) is 1.05. The summed E-state index contributed by atoms with van der Waals surface area (Å²) in [5.74, 6) is -0.886. The molecule has 0 spiro atoms. The van der Waals surface area contributed by atoms with Crippen molar-refractivity contribution in [2.45, 2.75) is 13.3 Å². The van der Waals surface area contributed by atoms with Gasteiger partial charge < -0.3 is 5.11 Å². The quantitative estimate of drug-likeness (QED) is 0.702. The van der Waals surface area contributed by atoms with Gasteiger partial charge in [0.15, 0.2) is 0 Å². The molecule has 1 rings (SSSR count). The number of rotatable bonds is 1.